The Morgan fingerprint density at radius 2 is 1.09 bits per heavy atom. The molecular weight excluding hydrogens is 391 g/mol. The molecule has 6 aromatic rings. The average molecular weight is 410 g/mol. The molecule has 150 valence electrons. The van der Waals surface area contributed by atoms with Gasteiger partial charge in [0.15, 0.2) is 11.6 Å². The Labute approximate surface area is 186 Å². The normalized spacial score (nSPS) is 11.2. The molecule has 0 radical (unpaired) electrons. The minimum Gasteiger partial charge on any atom is -0.278 e. The van der Waals surface area contributed by atoms with Gasteiger partial charge in [0.05, 0.1) is 11.0 Å². The lowest BCUT2D eigenvalue weighted by molar-refractivity contribution is 0.953. The maximum Gasteiger partial charge on any atom is 0.238 e. The highest BCUT2D eigenvalue weighted by atomic mass is 15.2. The number of benzene rings is 4. The summed E-state index contributed by atoms with van der Waals surface area (Å²) in [7, 11) is 2.15. The van der Waals surface area contributed by atoms with E-state index in [0.717, 1.165) is 22.2 Å². The van der Waals surface area contributed by atoms with Crippen LogP contribution in [0, 0.1) is 0 Å². The molecule has 0 aliphatic rings. The fourth-order valence-corrected chi connectivity index (χ4v) is 4.31. The molecule has 0 saturated heterocycles. The third kappa shape index (κ3) is 2.98. The third-order valence-electron chi connectivity index (χ3n) is 5.79. The van der Waals surface area contributed by atoms with Gasteiger partial charge in [0.25, 0.3) is 0 Å². The zero-order valence-electron chi connectivity index (χ0n) is 17.6. The van der Waals surface area contributed by atoms with Crippen LogP contribution >= 0.6 is 0 Å². The van der Waals surface area contributed by atoms with Crippen LogP contribution in [0.5, 0.6) is 0 Å². The molecule has 0 fully saturated rings. The van der Waals surface area contributed by atoms with Crippen molar-refractivity contribution in [3.8, 4) is 28.7 Å². The summed E-state index contributed by atoms with van der Waals surface area (Å²) >= 11 is 0. The number of aromatic nitrogens is 4. The molecule has 0 aliphatic carbocycles. The van der Waals surface area contributed by atoms with E-state index in [9.17, 15) is 0 Å². The van der Waals surface area contributed by atoms with Crippen LogP contribution in [0.25, 0.3) is 50.5 Å². The lowest BCUT2D eigenvalue weighted by atomic mass is 9.91. The molecule has 6 rings (SSSR count). The van der Waals surface area contributed by atoms with Gasteiger partial charge in [-0.2, -0.15) is 9.97 Å². The molecule has 5 heteroatoms. The zero-order valence-corrected chi connectivity index (χ0v) is 17.6. The molecule has 0 aliphatic heterocycles. The molecule has 0 atom stereocenters. The minimum absolute atomic E-state index is 0.620. The Morgan fingerprint density at radius 1 is 0.531 bits per heavy atom. The van der Waals surface area contributed by atoms with Crippen LogP contribution < -0.4 is 5.46 Å². The second-order valence-electron chi connectivity index (χ2n) is 7.84. The predicted molar refractivity (Wildman–Crippen MR) is 133 cm³/mol. The number of rotatable bonds is 3. The summed E-state index contributed by atoms with van der Waals surface area (Å²) < 4.78 is 2.15. The SMILES string of the molecule is Bc1cccc2c1c1ccccc1n2-c1nc(-c2ccccc2)nc(-c2ccccc2)n1. The fourth-order valence-electron chi connectivity index (χ4n) is 4.31. The Morgan fingerprint density at radius 3 is 1.75 bits per heavy atom. The Balaban J connectivity index is 1.71. The molecule has 2 aromatic heterocycles. The first kappa shape index (κ1) is 18.5. The monoisotopic (exact) mass is 410 g/mol. The summed E-state index contributed by atoms with van der Waals surface area (Å²) in [5, 5.41) is 2.43. The summed E-state index contributed by atoms with van der Waals surface area (Å²) in [4.78, 5) is 14.7. The smallest absolute Gasteiger partial charge is 0.238 e. The Kier molecular flexibility index (Phi) is 4.32. The molecule has 4 nitrogen and oxygen atoms in total. The van der Waals surface area contributed by atoms with Crippen LogP contribution in [0.2, 0.25) is 0 Å². The van der Waals surface area contributed by atoms with E-state index < -0.39 is 0 Å². The van der Waals surface area contributed by atoms with Gasteiger partial charge in [0.2, 0.25) is 5.95 Å². The van der Waals surface area contributed by atoms with Crippen LogP contribution in [0.15, 0.2) is 103 Å². The van der Waals surface area contributed by atoms with E-state index in [2.05, 4.69) is 54.9 Å². The molecule has 2 heterocycles. The molecule has 0 N–H and O–H groups in total. The highest BCUT2D eigenvalue weighted by Crippen LogP contribution is 2.31. The second kappa shape index (κ2) is 7.47. The molecule has 0 unspecified atom stereocenters. The molecular formula is C27H19BN4. The second-order valence-corrected chi connectivity index (χ2v) is 7.84. The molecule has 0 spiro atoms. The van der Waals surface area contributed by atoms with Gasteiger partial charge < -0.3 is 0 Å². The van der Waals surface area contributed by atoms with Gasteiger partial charge in [0, 0.05) is 21.9 Å². The van der Waals surface area contributed by atoms with Crippen molar-refractivity contribution >= 4 is 35.1 Å². The largest absolute Gasteiger partial charge is 0.278 e. The number of hydrogen-bond donors (Lipinski definition) is 0. The quantitative estimate of drug-likeness (QED) is 0.402. The van der Waals surface area contributed by atoms with E-state index in [-0.39, 0.29) is 0 Å². The number of hydrogen-bond acceptors (Lipinski definition) is 3. The number of nitrogens with zero attached hydrogens (tertiary/aromatic N) is 4. The van der Waals surface area contributed by atoms with Gasteiger partial charge in [-0.3, -0.25) is 4.57 Å². The van der Waals surface area contributed by atoms with Gasteiger partial charge in [-0.15, -0.1) is 0 Å². The van der Waals surface area contributed by atoms with Gasteiger partial charge in [-0.1, -0.05) is 96.5 Å². The molecule has 0 saturated carbocycles. The predicted octanol–water partition coefficient (Wildman–Crippen LogP) is 4.56. The van der Waals surface area contributed by atoms with Crippen molar-refractivity contribution in [2.24, 2.45) is 0 Å². The summed E-state index contributed by atoms with van der Waals surface area (Å²) in [5.74, 6) is 1.94. The summed E-state index contributed by atoms with van der Waals surface area (Å²) in [6, 6.07) is 35.0. The third-order valence-corrected chi connectivity index (χ3v) is 5.79. The van der Waals surface area contributed by atoms with E-state index in [1.54, 1.807) is 0 Å². The summed E-state index contributed by atoms with van der Waals surface area (Å²) in [5.41, 5.74) is 5.34. The van der Waals surface area contributed by atoms with Crippen LogP contribution in [0.3, 0.4) is 0 Å². The fraction of sp³-hybridized carbons (Fsp3) is 0. The van der Waals surface area contributed by atoms with Gasteiger partial charge in [-0.25, -0.2) is 4.98 Å². The van der Waals surface area contributed by atoms with Crippen molar-refractivity contribution in [3.63, 3.8) is 0 Å². The first-order valence-electron chi connectivity index (χ1n) is 10.7. The number of fused-ring (bicyclic) bond motifs is 3. The van der Waals surface area contributed by atoms with Crippen molar-refractivity contribution in [1.29, 1.82) is 0 Å². The maximum absolute atomic E-state index is 4.94. The first-order valence-corrected chi connectivity index (χ1v) is 10.7. The lowest BCUT2D eigenvalue weighted by Gasteiger charge is -2.10. The van der Waals surface area contributed by atoms with Gasteiger partial charge >= 0.3 is 0 Å². The minimum atomic E-state index is 0.620. The molecule has 0 amide bonds. The molecule has 4 aromatic carbocycles. The zero-order chi connectivity index (χ0) is 21.5. The standard InChI is InChI=1S/C27H19BN4/c28-21-15-9-17-23-24(21)20-14-7-8-16-22(20)32(23)27-30-25(18-10-3-1-4-11-18)29-26(31-27)19-12-5-2-6-13-19/h1-17H,28H2. The molecule has 0 bridgehead atoms. The highest BCUT2D eigenvalue weighted by Gasteiger charge is 2.18. The Hall–Kier alpha value is -4.25. The highest BCUT2D eigenvalue weighted by molar-refractivity contribution is 6.41. The van der Waals surface area contributed by atoms with E-state index >= 15 is 0 Å². The maximum atomic E-state index is 4.94. The first-order chi connectivity index (χ1) is 15.8. The van der Waals surface area contributed by atoms with Crippen molar-refractivity contribution in [3.05, 3.63) is 103 Å². The van der Waals surface area contributed by atoms with Crippen molar-refractivity contribution in [2.45, 2.75) is 0 Å². The summed E-state index contributed by atoms with van der Waals surface area (Å²) in [6.07, 6.45) is 0. The Bertz CT molecular complexity index is 1520. The topological polar surface area (TPSA) is 43.6 Å². The van der Waals surface area contributed by atoms with Crippen LogP contribution in [0.4, 0.5) is 0 Å². The van der Waals surface area contributed by atoms with E-state index in [1.807, 2.05) is 60.7 Å². The molecule has 32 heavy (non-hydrogen) atoms. The van der Waals surface area contributed by atoms with Crippen LogP contribution in [-0.2, 0) is 0 Å². The van der Waals surface area contributed by atoms with Gasteiger partial charge in [0.1, 0.15) is 7.85 Å². The number of para-hydroxylation sites is 1. The van der Waals surface area contributed by atoms with E-state index in [1.165, 1.54) is 16.2 Å². The van der Waals surface area contributed by atoms with Crippen molar-refractivity contribution in [1.82, 2.24) is 19.5 Å². The van der Waals surface area contributed by atoms with E-state index in [4.69, 9.17) is 15.0 Å². The van der Waals surface area contributed by atoms with Crippen LogP contribution in [0.1, 0.15) is 0 Å². The van der Waals surface area contributed by atoms with Crippen LogP contribution in [-0.4, -0.2) is 27.4 Å². The summed E-state index contributed by atoms with van der Waals surface area (Å²) in [6.45, 7) is 0. The van der Waals surface area contributed by atoms with Crippen molar-refractivity contribution < 1.29 is 0 Å². The van der Waals surface area contributed by atoms with E-state index in [0.29, 0.717) is 17.6 Å². The van der Waals surface area contributed by atoms with Gasteiger partial charge in [-0.05, 0) is 12.1 Å². The van der Waals surface area contributed by atoms with Crippen molar-refractivity contribution in [2.75, 3.05) is 0 Å². The average Bonchev–Trinajstić information content (AvgIpc) is 3.20. The lowest BCUT2D eigenvalue weighted by Crippen LogP contribution is -2.07.